The number of carbonyl (C=O) groups excluding carboxylic acids is 5. The zero-order valence-electron chi connectivity index (χ0n) is 23.8. The van der Waals surface area contributed by atoms with Gasteiger partial charge in [-0.15, -0.1) is 0 Å². The van der Waals surface area contributed by atoms with E-state index in [1.165, 1.54) is 0 Å². The molecule has 220 valence electrons. The van der Waals surface area contributed by atoms with Crippen molar-refractivity contribution in [3.63, 3.8) is 0 Å². The molecule has 12 nitrogen and oxygen atoms in total. The molecule has 5 amide bonds. The van der Waals surface area contributed by atoms with Gasteiger partial charge in [-0.2, -0.15) is 0 Å². The van der Waals surface area contributed by atoms with Crippen LogP contribution in [0.25, 0.3) is 0 Å². The maximum Gasteiger partial charge on any atom is 0.412 e. The van der Waals surface area contributed by atoms with Crippen LogP contribution in [-0.2, 0) is 14.3 Å². The average molecular weight is 575 g/mol. The predicted octanol–water partition coefficient (Wildman–Crippen LogP) is 2.42. The number of likely N-dealkylation sites (tertiary alicyclic amines) is 1. The lowest BCUT2D eigenvalue weighted by atomic mass is 9.98. The summed E-state index contributed by atoms with van der Waals surface area (Å²) in [5.74, 6) is -2.03. The largest absolute Gasteiger partial charge is 0.444 e. The van der Waals surface area contributed by atoms with Crippen LogP contribution in [0.5, 0.6) is 0 Å². The summed E-state index contributed by atoms with van der Waals surface area (Å²) in [6, 6.07) is 12.4. The molecule has 0 aromatic heterocycles. The monoisotopic (exact) mass is 574 g/mol. The first kappa shape index (κ1) is 27.7. The molecule has 0 radical (unpaired) electrons. The molecule has 4 aliphatic heterocycles. The Morgan fingerprint density at radius 2 is 1.67 bits per heavy atom. The third-order valence-electron chi connectivity index (χ3n) is 7.99. The molecular formula is C30H34N6O6. The summed E-state index contributed by atoms with van der Waals surface area (Å²) in [6.07, 6.45) is -0.271. The molecule has 42 heavy (non-hydrogen) atoms. The molecule has 0 aliphatic carbocycles. The van der Waals surface area contributed by atoms with Gasteiger partial charge in [-0.3, -0.25) is 39.6 Å². The molecule has 3 fully saturated rings. The van der Waals surface area contributed by atoms with Crippen LogP contribution >= 0.6 is 0 Å². The maximum atomic E-state index is 13.3. The molecule has 1 unspecified atom stereocenters. The molecule has 1 atom stereocenters. The molecule has 3 saturated heterocycles. The highest BCUT2D eigenvalue weighted by Crippen LogP contribution is 2.34. The smallest absolute Gasteiger partial charge is 0.412 e. The van der Waals surface area contributed by atoms with Crippen LogP contribution in [0.2, 0.25) is 0 Å². The Bertz CT molecular complexity index is 1460. The second-order valence-corrected chi connectivity index (χ2v) is 12.2. The fourth-order valence-electron chi connectivity index (χ4n) is 5.83. The van der Waals surface area contributed by atoms with E-state index in [2.05, 4.69) is 25.8 Å². The number of imide groups is 2. The summed E-state index contributed by atoms with van der Waals surface area (Å²) in [6.45, 7) is 8.85. The normalized spacial score (nSPS) is 21.5. The minimum absolute atomic E-state index is 0.0854. The van der Waals surface area contributed by atoms with E-state index in [0.717, 1.165) is 36.8 Å². The standard InChI is InChI=1S/C30H34N6O6/c1-30(2,3)42-29(41)32-17-7-9-19(10-8-17)35-15-20(16-35)34-13-18(14-34)31-22-6-4-5-21-25(22)28(40)36(27(21)39)23-11-12-24(37)33-26(23)38/h4-10,18,20,23,31H,11-16H2,1-3H3,(H,32,41)(H,33,37,38). The van der Waals surface area contributed by atoms with E-state index in [1.54, 1.807) is 18.2 Å². The van der Waals surface area contributed by atoms with E-state index in [9.17, 15) is 24.0 Å². The lowest BCUT2D eigenvalue weighted by Gasteiger charge is -2.53. The number of rotatable bonds is 6. The quantitative estimate of drug-likeness (QED) is 0.444. The van der Waals surface area contributed by atoms with E-state index in [1.807, 2.05) is 45.0 Å². The first-order valence-electron chi connectivity index (χ1n) is 14.2. The number of carbonyl (C=O) groups is 5. The molecule has 2 aromatic carbocycles. The van der Waals surface area contributed by atoms with Crippen LogP contribution in [-0.4, -0.2) is 89.4 Å². The Hall–Kier alpha value is -4.45. The number of hydrogen-bond acceptors (Lipinski definition) is 9. The fraction of sp³-hybridized carbons (Fsp3) is 0.433. The number of piperidine rings is 1. The van der Waals surface area contributed by atoms with Crippen molar-refractivity contribution in [2.75, 3.05) is 41.7 Å². The van der Waals surface area contributed by atoms with Crippen molar-refractivity contribution in [3.05, 3.63) is 53.6 Å². The first-order chi connectivity index (χ1) is 20.0. The van der Waals surface area contributed by atoms with Crippen LogP contribution in [0.4, 0.5) is 21.9 Å². The third-order valence-corrected chi connectivity index (χ3v) is 7.99. The Morgan fingerprint density at radius 3 is 2.33 bits per heavy atom. The lowest BCUT2D eigenvalue weighted by molar-refractivity contribution is -0.136. The van der Waals surface area contributed by atoms with Crippen molar-refractivity contribution < 1.29 is 28.7 Å². The van der Waals surface area contributed by atoms with Crippen LogP contribution in [0, 0.1) is 0 Å². The zero-order chi connectivity index (χ0) is 29.8. The number of benzene rings is 2. The summed E-state index contributed by atoms with van der Waals surface area (Å²) in [5.41, 5.74) is 2.34. The van der Waals surface area contributed by atoms with Gasteiger partial charge in [0.1, 0.15) is 11.6 Å². The summed E-state index contributed by atoms with van der Waals surface area (Å²) in [4.78, 5) is 68.0. The summed E-state index contributed by atoms with van der Waals surface area (Å²) in [7, 11) is 0. The topological polar surface area (TPSA) is 140 Å². The van der Waals surface area contributed by atoms with E-state index in [4.69, 9.17) is 4.74 Å². The number of amides is 5. The van der Waals surface area contributed by atoms with Gasteiger partial charge in [-0.25, -0.2) is 4.79 Å². The molecule has 2 aromatic rings. The van der Waals surface area contributed by atoms with E-state index >= 15 is 0 Å². The SMILES string of the molecule is CC(C)(C)OC(=O)Nc1ccc(N2CC(N3CC(Nc4cccc5c4C(=O)N(C4CCC(=O)NC4=O)C5=O)C3)C2)cc1. The van der Waals surface area contributed by atoms with Crippen LogP contribution in [0.15, 0.2) is 42.5 Å². The number of ether oxygens (including phenoxy) is 1. The molecule has 6 rings (SSSR count). The Labute approximate surface area is 243 Å². The van der Waals surface area contributed by atoms with E-state index < -0.39 is 41.4 Å². The van der Waals surface area contributed by atoms with Crippen molar-refractivity contribution >= 4 is 46.8 Å². The van der Waals surface area contributed by atoms with Gasteiger partial charge in [-0.1, -0.05) is 6.07 Å². The highest BCUT2D eigenvalue weighted by atomic mass is 16.6. The van der Waals surface area contributed by atoms with Crippen molar-refractivity contribution in [2.45, 2.75) is 57.3 Å². The van der Waals surface area contributed by atoms with Crippen molar-refractivity contribution in [1.82, 2.24) is 15.1 Å². The van der Waals surface area contributed by atoms with Gasteiger partial charge in [0.25, 0.3) is 11.8 Å². The van der Waals surface area contributed by atoms with Gasteiger partial charge in [0.05, 0.1) is 17.2 Å². The van der Waals surface area contributed by atoms with Crippen molar-refractivity contribution in [1.29, 1.82) is 0 Å². The van der Waals surface area contributed by atoms with Gasteiger partial charge in [-0.05, 0) is 63.6 Å². The van der Waals surface area contributed by atoms with Crippen LogP contribution in [0.3, 0.4) is 0 Å². The summed E-state index contributed by atoms with van der Waals surface area (Å²) >= 11 is 0. The van der Waals surface area contributed by atoms with Gasteiger partial charge in [0.15, 0.2) is 0 Å². The Kier molecular flexibility index (Phi) is 6.88. The minimum atomic E-state index is -0.985. The van der Waals surface area contributed by atoms with E-state index in [-0.39, 0.29) is 30.0 Å². The van der Waals surface area contributed by atoms with Gasteiger partial charge < -0.3 is 15.0 Å². The van der Waals surface area contributed by atoms with Crippen molar-refractivity contribution in [3.8, 4) is 0 Å². The highest BCUT2D eigenvalue weighted by Gasteiger charge is 2.46. The summed E-state index contributed by atoms with van der Waals surface area (Å²) in [5, 5.41) is 8.40. The molecular weight excluding hydrogens is 540 g/mol. The van der Waals surface area contributed by atoms with Gasteiger partial charge in [0, 0.05) is 55.7 Å². The lowest BCUT2D eigenvalue weighted by Crippen LogP contribution is -2.68. The predicted molar refractivity (Wildman–Crippen MR) is 154 cm³/mol. The highest BCUT2D eigenvalue weighted by molar-refractivity contribution is 6.25. The van der Waals surface area contributed by atoms with Gasteiger partial charge >= 0.3 is 6.09 Å². The number of hydrogen-bond donors (Lipinski definition) is 3. The first-order valence-corrected chi connectivity index (χ1v) is 14.2. The molecule has 3 N–H and O–H groups in total. The second kappa shape index (κ2) is 10.4. The van der Waals surface area contributed by atoms with Gasteiger partial charge in [0.2, 0.25) is 11.8 Å². The van der Waals surface area contributed by atoms with Crippen molar-refractivity contribution in [2.24, 2.45) is 0 Å². The Morgan fingerprint density at radius 1 is 0.952 bits per heavy atom. The molecule has 0 spiro atoms. The van der Waals surface area contributed by atoms with Crippen LogP contribution in [0.1, 0.15) is 54.3 Å². The number of anilines is 3. The summed E-state index contributed by atoms with van der Waals surface area (Å²) < 4.78 is 5.30. The van der Waals surface area contributed by atoms with E-state index in [0.29, 0.717) is 17.4 Å². The minimum Gasteiger partial charge on any atom is -0.444 e. The fourth-order valence-corrected chi connectivity index (χ4v) is 5.83. The molecule has 4 aliphatic rings. The average Bonchev–Trinajstić information content (AvgIpc) is 3.12. The Balaban J connectivity index is 1.00. The maximum absolute atomic E-state index is 13.3. The zero-order valence-corrected chi connectivity index (χ0v) is 23.8. The number of nitrogens with zero attached hydrogens (tertiary/aromatic N) is 3. The number of nitrogens with one attached hydrogen (secondary N) is 3. The molecule has 0 saturated carbocycles. The third kappa shape index (κ3) is 5.29. The molecule has 0 bridgehead atoms. The second-order valence-electron chi connectivity index (χ2n) is 12.2. The van der Waals surface area contributed by atoms with Crippen LogP contribution < -0.4 is 20.9 Å². The molecule has 12 heteroatoms. The molecule has 4 heterocycles. The number of fused-ring (bicyclic) bond motifs is 1.